The second-order valence-corrected chi connectivity index (χ2v) is 11.5. The van der Waals surface area contributed by atoms with E-state index < -0.39 is 33.9 Å². The van der Waals surface area contributed by atoms with Crippen LogP contribution in [0.25, 0.3) is 0 Å². The Hall–Kier alpha value is -3.05. The highest BCUT2D eigenvalue weighted by atomic mass is 32.2. The molecule has 1 unspecified atom stereocenters. The Morgan fingerprint density at radius 1 is 1.13 bits per heavy atom. The number of unbranched alkanes of at least 4 members (excludes halogenated alkanes) is 1. The number of furan rings is 1. The molecule has 1 fully saturated rings. The Morgan fingerprint density at radius 2 is 1.92 bits per heavy atom. The topological polar surface area (TPSA) is 139 Å². The van der Waals surface area contributed by atoms with Crippen LogP contribution < -0.4 is 10.6 Å². The summed E-state index contributed by atoms with van der Waals surface area (Å²) < 4.78 is 32.1. The average molecular weight is 547 g/mol. The first-order chi connectivity index (χ1) is 18.3. The summed E-state index contributed by atoms with van der Waals surface area (Å²) >= 11 is 0. The lowest BCUT2D eigenvalue weighted by Gasteiger charge is -2.27. The van der Waals surface area contributed by atoms with Crippen LogP contribution in [0.2, 0.25) is 0 Å². The summed E-state index contributed by atoms with van der Waals surface area (Å²) in [6, 6.07) is 6.37. The van der Waals surface area contributed by atoms with Crippen LogP contribution in [0.4, 0.5) is 0 Å². The van der Waals surface area contributed by atoms with Crippen molar-refractivity contribution in [2.45, 2.75) is 81.8 Å². The summed E-state index contributed by atoms with van der Waals surface area (Å²) in [5.41, 5.74) is 0. The molecule has 2 N–H and O–H groups in total. The van der Waals surface area contributed by atoms with Crippen LogP contribution in [0.1, 0.15) is 75.3 Å². The zero-order valence-corrected chi connectivity index (χ0v) is 22.7. The lowest BCUT2D eigenvalue weighted by Crippen LogP contribution is -2.50. The van der Waals surface area contributed by atoms with Gasteiger partial charge in [-0.3, -0.25) is 9.59 Å². The molecule has 0 saturated heterocycles. The van der Waals surface area contributed by atoms with E-state index in [0.717, 1.165) is 25.7 Å². The van der Waals surface area contributed by atoms with E-state index in [1.165, 1.54) is 35.3 Å². The number of aldehydes is 1. The highest BCUT2D eigenvalue weighted by Gasteiger charge is 2.28. The molecule has 1 aliphatic carbocycles. The molecular formula is C27H38N4O6S. The number of carbonyl (C=O) groups is 3. The molecule has 1 aliphatic rings. The number of sulfonamides is 1. The van der Waals surface area contributed by atoms with Gasteiger partial charge in [0.05, 0.1) is 12.3 Å². The Balaban J connectivity index is 1.53. The van der Waals surface area contributed by atoms with E-state index in [9.17, 15) is 22.8 Å². The van der Waals surface area contributed by atoms with Gasteiger partial charge in [-0.15, -0.1) is 0 Å². The fraction of sp³-hybridized carbons (Fsp3) is 0.556. The number of nitrogens with one attached hydrogen (secondary N) is 2. The summed E-state index contributed by atoms with van der Waals surface area (Å²) in [4.78, 5) is 41.5. The predicted octanol–water partition coefficient (Wildman–Crippen LogP) is 3.31. The van der Waals surface area contributed by atoms with Gasteiger partial charge < -0.3 is 19.8 Å². The van der Waals surface area contributed by atoms with Crippen molar-refractivity contribution in [3.8, 4) is 0 Å². The van der Waals surface area contributed by atoms with Crippen molar-refractivity contribution in [3.63, 3.8) is 0 Å². The van der Waals surface area contributed by atoms with E-state index in [-0.39, 0.29) is 17.3 Å². The number of carbonyl (C=O) groups excluding carboxylic acids is 3. The van der Waals surface area contributed by atoms with Crippen LogP contribution in [0.15, 0.2) is 52.2 Å². The third kappa shape index (κ3) is 8.49. The Bertz CT molecular complexity index is 1120. The van der Waals surface area contributed by atoms with Crippen molar-refractivity contribution in [3.05, 3.63) is 48.6 Å². The predicted molar refractivity (Wildman–Crippen MR) is 142 cm³/mol. The van der Waals surface area contributed by atoms with Crippen LogP contribution in [-0.2, 0) is 19.6 Å². The van der Waals surface area contributed by atoms with Crippen molar-refractivity contribution in [2.75, 3.05) is 13.1 Å². The van der Waals surface area contributed by atoms with Gasteiger partial charge >= 0.3 is 0 Å². The summed E-state index contributed by atoms with van der Waals surface area (Å²) in [6.07, 6.45) is 10.8. The lowest BCUT2D eigenvalue weighted by molar-refractivity contribution is -0.126. The molecule has 0 radical (unpaired) electrons. The molecule has 0 aromatic carbocycles. The minimum absolute atomic E-state index is 0.000449. The Kier molecular flexibility index (Phi) is 11.5. The van der Waals surface area contributed by atoms with Gasteiger partial charge in [-0.25, -0.2) is 13.4 Å². The number of hydrogen-bond acceptors (Lipinski definition) is 7. The highest BCUT2D eigenvalue weighted by molar-refractivity contribution is 7.89. The van der Waals surface area contributed by atoms with Crippen LogP contribution in [0.5, 0.6) is 0 Å². The van der Waals surface area contributed by atoms with Crippen molar-refractivity contribution < 1.29 is 27.2 Å². The van der Waals surface area contributed by atoms with Crippen molar-refractivity contribution in [1.29, 1.82) is 0 Å². The first kappa shape index (κ1) is 29.5. The summed E-state index contributed by atoms with van der Waals surface area (Å²) in [5.74, 6) is -0.422. The molecule has 0 spiro atoms. The molecule has 1 saturated carbocycles. The molecule has 0 aliphatic heterocycles. The van der Waals surface area contributed by atoms with Crippen molar-refractivity contribution in [1.82, 2.24) is 19.9 Å². The van der Waals surface area contributed by atoms with Crippen LogP contribution in [-0.4, -0.2) is 61.0 Å². The van der Waals surface area contributed by atoms with Crippen molar-refractivity contribution in [2.24, 2.45) is 5.92 Å². The standard InChI is InChI=1S/C27H38N4O6S/c1-2-31(38(35,36)25-15-6-8-16-28-25)17-9-7-13-22(20-32)29-26(33)23(19-21-11-4-3-5-12-21)30-27(34)24-14-10-18-37-24/h6,8,10,14-16,18,20-23H,2-5,7,9,11-13,17,19H2,1H3,(H,29,33)(H,30,34)/t22?,23-/m0/s1. The third-order valence-electron chi connectivity index (χ3n) is 6.92. The van der Waals surface area contributed by atoms with Gasteiger partial charge in [0.15, 0.2) is 10.8 Å². The molecule has 3 rings (SSSR count). The van der Waals surface area contributed by atoms with Gasteiger partial charge in [-0.2, -0.15) is 4.31 Å². The number of rotatable bonds is 15. The van der Waals surface area contributed by atoms with E-state index in [1.807, 2.05) is 0 Å². The third-order valence-corrected chi connectivity index (χ3v) is 8.81. The van der Waals surface area contributed by atoms with Crippen LogP contribution in [0.3, 0.4) is 0 Å². The fourth-order valence-corrected chi connectivity index (χ4v) is 6.23. The largest absolute Gasteiger partial charge is 0.459 e. The second kappa shape index (κ2) is 14.8. The van der Waals surface area contributed by atoms with E-state index in [1.54, 1.807) is 25.1 Å². The van der Waals surface area contributed by atoms with Gasteiger partial charge in [0.2, 0.25) is 5.91 Å². The minimum atomic E-state index is -3.70. The smallest absolute Gasteiger partial charge is 0.287 e. The quantitative estimate of drug-likeness (QED) is 0.258. The molecule has 2 heterocycles. The zero-order valence-electron chi connectivity index (χ0n) is 21.9. The Morgan fingerprint density at radius 3 is 2.55 bits per heavy atom. The maximum atomic E-state index is 13.2. The lowest BCUT2D eigenvalue weighted by atomic mass is 9.84. The number of nitrogens with zero attached hydrogens (tertiary/aromatic N) is 2. The second-order valence-electron chi connectivity index (χ2n) is 9.65. The SMILES string of the molecule is CCN(CCCCC(C=O)NC(=O)[C@H](CC1CCCCC1)NC(=O)c1ccco1)S(=O)(=O)c1ccccn1. The van der Waals surface area contributed by atoms with E-state index in [2.05, 4.69) is 15.6 Å². The molecule has 2 aromatic heterocycles. The van der Waals surface area contributed by atoms with Crippen LogP contribution >= 0.6 is 0 Å². The van der Waals surface area contributed by atoms with E-state index in [4.69, 9.17) is 4.42 Å². The number of pyridine rings is 1. The maximum absolute atomic E-state index is 13.2. The minimum Gasteiger partial charge on any atom is -0.459 e. The molecule has 2 aromatic rings. The number of aromatic nitrogens is 1. The molecule has 208 valence electrons. The summed E-state index contributed by atoms with van der Waals surface area (Å²) in [6.45, 7) is 2.34. The first-order valence-corrected chi connectivity index (χ1v) is 14.8. The first-order valence-electron chi connectivity index (χ1n) is 13.4. The van der Waals surface area contributed by atoms with Gasteiger partial charge in [0, 0.05) is 19.3 Å². The van der Waals surface area contributed by atoms with Gasteiger partial charge in [-0.1, -0.05) is 45.1 Å². The number of hydrogen-bond donors (Lipinski definition) is 2. The van der Waals surface area contributed by atoms with Gasteiger partial charge in [0.25, 0.3) is 15.9 Å². The molecule has 2 atom stereocenters. The van der Waals surface area contributed by atoms with E-state index in [0.29, 0.717) is 44.4 Å². The van der Waals surface area contributed by atoms with Crippen LogP contribution in [0, 0.1) is 5.92 Å². The number of amides is 2. The molecule has 2 amide bonds. The Labute approximate surface area is 224 Å². The highest BCUT2D eigenvalue weighted by Crippen LogP contribution is 2.27. The maximum Gasteiger partial charge on any atom is 0.287 e. The average Bonchev–Trinajstić information content (AvgIpc) is 3.48. The monoisotopic (exact) mass is 546 g/mol. The normalized spacial score (nSPS) is 16.1. The molecule has 0 bridgehead atoms. The molecular weight excluding hydrogens is 508 g/mol. The van der Waals surface area contributed by atoms with E-state index >= 15 is 0 Å². The summed E-state index contributed by atoms with van der Waals surface area (Å²) in [7, 11) is -3.70. The van der Waals surface area contributed by atoms with Gasteiger partial charge in [0.1, 0.15) is 12.3 Å². The molecule has 11 heteroatoms. The van der Waals surface area contributed by atoms with Crippen molar-refractivity contribution >= 4 is 28.1 Å². The van der Waals surface area contributed by atoms with Gasteiger partial charge in [-0.05, 0) is 55.9 Å². The fourth-order valence-electron chi connectivity index (χ4n) is 4.81. The summed E-state index contributed by atoms with van der Waals surface area (Å²) in [5, 5.41) is 5.55. The molecule has 38 heavy (non-hydrogen) atoms. The molecule has 10 nitrogen and oxygen atoms in total. The zero-order chi connectivity index (χ0) is 27.4.